The number of fused-ring (bicyclic) bond motifs is 1. The maximum Gasteiger partial charge on any atom is 0.349 e. The molecule has 2 heterocycles. The van der Waals surface area contributed by atoms with Crippen LogP contribution in [-0.2, 0) is 14.3 Å². The van der Waals surface area contributed by atoms with Crippen molar-refractivity contribution in [1.29, 1.82) is 0 Å². The van der Waals surface area contributed by atoms with Crippen LogP contribution in [0.4, 0.5) is 27.8 Å². The molecule has 1 aliphatic heterocycles. The molecule has 0 saturated heterocycles. The normalized spacial score (nSPS) is 13.2. The second kappa shape index (κ2) is 11.8. The second-order valence-electron chi connectivity index (χ2n) is 9.88. The Balaban J connectivity index is 1.90. The van der Waals surface area contributed by atoms with Gasteiger partial charge in [-0.1, -0.05) is 18.2 Å². The summed E-state index contributed by atoms with van der Waals surface area (Å²) in [6.07, 6.45) is 0.397. The van der Waals surface area contributed by atoms with Gasteiger partial charge in [-0.2, -0.15) is 0 Å². The lowest BCUT2D eigenvalue weighted by molar-refractivity contribution is -0.102. The molecule has 0 atom stereocenters. The Kier molecular flexibility index (Phi) is 8.43. The molecule has 0 amide bonds. The molecule has 4 rings (SSSR count). The molecule has 1 aliphatic rings. The summed E-state index contributed by atoms with van der Waals surface area (Å²) in [7, 11) is 1.74. The van der Waals surface area contributed by atoms with Crippen LogP contribution in [0.25, 0.3) is 0 Å². The number of ether oxygens (including phenoxy) is 3. The fourth-order valence-corrected chi connectivity index (χ4v) is 5.32. The lowest BCUT2D eigenvalue weighted by Gasteiger charge is -2.32. The number of thiophene rings is 1. The minimum atomic E-state index is -0.842. The summed E-state index contributed by atoms with van der Waals surface area (Å²) in [6.45, 7) is 8.14. The van der Waals surface area contributed by atoms with Gasteiger partial charge in [-0.15, -0.1) is 11.3 Å². The molecule has 210 valence electrons. The summed E-state index contributed by atoms with van der Waals surface area (Å²) in [6, 6.07) is 15.6. The van der Waals surface area contributed by atoms with Crippen LogP contribution in [0.2, 0.25) is 0 Å². The number of benzene rings is 2. The van der Waals surface area contributed by atoms with Crippen molar-refractivity contribution in [3.8, 4) is 5.75 Å². The molecule has 0 radical (unpaired) electrons. The Hall–Kier alpha value is -4.38. The minimum absolute atomic E-state index is 0.00241. The van der Waals surface area contributed by atoms with Crippen LogP contribution in [-0.4, -0.2) is 56.5 Å². The number of nitrogens with zero attached hydrogens (tertiary/aromatic N) is 3. The second-order valence-corrected chi connectivity index (χ2v) is 10.9. The van der Waals surface area contributed by atoms with Gasteiger partial charge in [-0.05, 0) is 58.0 Å². The number of nitrogens with two attached hydrogens (primary N) is 1. The molecule has 2 aromatic carbocycles. The fraction of sp³-hybridized carbons (Fsp3) is 0.310. The van der Waals surface area contributed by atoms with Crippen molar-refractivity contribution in [3.05, 3.63) is 59.0 Å². The third-order valence-electron chi connectivity index (χ3n) is 5.88. The molecule has 0 aliphatic carbocycles. The molecule has 10 nitrogen and oxygen atoms in total. The van der Waals surface area contributed by atoms with Gasteiger partial charge in [0.2, 0.25) is 0 Å². The number of rotatable bonds is 8. The van der Waals surface area contributed by atoms with Crippen LogP contribution < -0.4 is 20.3 Å². The van der Waals surface area contributed by atoms with Gasteiger partial charge in [0.25, 0.3) is 0 Å². The summed E-state index contributed by atoms with van der Waals surface area (Å²) in [5.41, 5.74) is 7.68. The molecule has 2 N–H and O–H groups in total. The first-order valence-corrected chi connectivity index (χ1v) is 13.6. The number of amidine groups is 1. The molecular formula is C29H32N4O6S. The Morgan fingerprint density at radius 3 is 2.55 bits per heavy atom. The van der Waals surface area contributed by atoms with E-state index in [1.807, 2.05) is 48.5 Å². The van der Waals surface area contributed by atoms with Crippen molar-refractivity contribution in [3.63, 3.8) is 0 Å². The lowest BCUT2D eigenvalue weighted by atomic mass is 10.1. The highest BCUT2D eigenvalue weighted by Gasteiger charge is 2.34. The van der Waals surface area contributed by atoms with Gasteiger partial charge in [0.15, 0.2) is 12.1 Å². The number of carbonyl (C=O) groups excluding carboxylic acids is 3. The quantitative estimate of drug-likeness (QED) is 0.166. The van der Waals surface area contributed by atoms with Crippen molar-refractivity contribution in [1.82, 2.24) is 0 Å². The molecule has 0 unspecified atom stereocenters. The summed E-state index contributed by atoms with van der Waals surface area (Å²) < 4.78 is 16.8. The average Bonchev–Trinajstić information content (AvgIpc) is 3.31. The van der Waals surface area contributed by atoms with E-state index in [1.165, 1.54) is 0 Å². The topological polar surface area (TPSA) is 124 Å². The monoisotopic (exact) mass is 564 g/mol. The van der Waals surface area contributed by atoms with Crippen molar-refractivity contribution < 1.29 is 28.6 Å². The van der Waals surface area contributed by atoms with Crippen LogP contribution in [0.1, 0.15) is 47.7 Å². The van der Waals surface area contributed by atoms with Gasteiger partial charge in [0.05, 0.1) is 24.5 Å². The average molecular weight is 565 g/mol. The Labute approximate surface area is 237 Å². The van der Waals surface area contributed by atoms with Gasteiger partial charge in [-0.25, -0.2) is 14.6 Å². The first-order chi connectivity index (χ1) is 19.0. The largest absolute Gasteiger partial charge is 0.490 e. The van der Waals surface area contributed by atoms with E-state index in [0.29, 0.717) is 30.9 Å². The van der Waals surface area contributed by atoms with E-state index in [0.717, 1.165) is 22.7 Å². The summed E-state index contributed by atoms with van der Waals surface area (Å²) >= 11 is 0.903. The SMILES string of the molecule is CCOC(=O)c1sc(/N=C(/N)C=O)c(N(C)c2ccc3c(c2)N(c2ccccc2)CCO3)c1C(=O)OC(C)(C)C. The molecule has 40 heavy (non-hydrogen) atoms. The summed E-state index contributed by atoms with van der Waals surface area (Å²) in [5.74, 6) is -1.04. The fourth-order valence-electron chi connectivity index (χ4n) is 4.22. The molecule has 0 saturated carbocycles. The van der Waals surface area contributed by atoms with E-state index < -0.39 is 17.5 Å². The zero-order valence-corrected chi connectivity index (χ0v) is 23.9. The zero-order valence-electron chi connectivity index (χ0n) is 23.1. The van der Waals surface area contributed by atoms with Crippen molar-refractivity contribution in [2.24, 2.45) is 10.7 Å². The standard InChI is InChI=1S/C29H32N4O6S/c1-6-37-28(36)25-23(27(35)39-29(2,3)4)24(26(40-25)31-22(30)17-34)32(5)19-12-13-21-20(16-19)33(14-15-38-21)18-10-8-7-9-11-18/h7-13,16-17H,6,14-15H2,1-5H3,(H2,30,31). The van der Waals surface area contributed by atoms with Gasteiger partial charge >= 0.3 is 11.9 Å². The van der Waals surface area contributed by atoms with Gasteiger partial charge in [-0.3, -0.25) is 4.79 Å². The Morgan fingerprint density at radius 2 is 1.90 bits per heavy atom. The summed E-state index contributed by atoms with van der Waals surface area (Å²) in [5, 5.41) is 0.185. The number of anilines is 4. The molecule has 11 heteroatoms. The first kappa shape index (κ1) is 28.6. The van der Waals surface area contributed by atoms with Crippen molar-refractivity contribution in [2.75, 3.05) is 36.6 Å². The highest BCUT2D eigenvalue weighted by atomic mass is 32.1. The smallest absolute Gasteiger partial charge is 0.349 e. The molecule has 3 aromatic rings. The number of aliphatic imine (C=N–C) groups is 1. The number of aldehydes is 1. The van der Waals surface area contributed by atoms with E-state index in [9.17, 15) is 14.4 Å². The third-order valence-corrected chi connectivity index (χ3v) is 6.93. The van der Waals surface area contributed by atoms with Gasteiger partial charge in [0.1, 0.15) is 33.4 Å². The third kappa shape index (κ3) is 6.09. The number of carbonyl (C=O) groups is 3. The van der Waals surface area contributed by atoms with E-state index >= 15 is 0 Å². The molecule has 0 spiro atoms. The highest BCUT2D eigenvalue weighted by molar-refractivity contribution is 7.19. The van der Waals surface area contributed by atoms with E-state index in [1.54, 1.807) is 39.6 Å². The first-order valence-electron chi connectivity index (χ1n) is 12.7. The highest BCUT2D eigenvalue weighted by Crippen LogP contribution is 2.47. The van der Waals surface area contributed by atoms with E-state index in [-0.39, 0.29) is 33.6 Å². The van der Waals surface area contributed by atoms with Gasteiger partial charge in [0, 0.05) is 18.4 Å². The van der Waals surface area contributed by atoms with Crippen LogP contribution in [0.15, 0.2) is 53.5 Å². The number of para-hydroxylation sites is 1. The molecular weight excluding hydrogens is 532 g/mol. The number of hydrogen-bond donors (Lipinski definition) is 1. The van der Waals surface area contributed by atoms with Gasteiger partial charge < -0.3 is 29.7 Å². The van der Waals surface area contributed by atoms with E-state index in [2.05, 4.69) is 9.89 Å². The zero-order chi connectivity index (χ0) is 29.0. The predicted molar refractivity (Wildman–Crippen MR) is 156 cm³/mol. The van der Waals surface area contributed by atoms with E-state index in [4.69, 9.17) is 19.9 Å². The van der Waals surface area contributed by atoms with Crippen LogP contribution in [0, 0.1) is 0 Å². The van der Waals surface area contributed by atoms with Crippen molar-refractivity contribution in [2.45, 2.75) is 33.3 Å². The van der Waals surface area contributed by atoms with Crippen molar-refractivity contribution >= 4 is 63.1 Å². The Bertz CT molecular complexity index is 1440. The maximum atomic E-state index is 13.6. The number of hydrogen-bond acceptors (Lipinski definition) is 10. The van der Waals surface area contributed by atoms with Crippen LogP contribution >= 0.6 is 11.3 Å². The number of esters is 2. The predicted octanol–water partition coefficient (Wildman–Crippen LogP) is 5.37. The lowest BCUT2D eigenvalue weighted by Crippen LogP contribution is -2.29. The maximum absolute atomic E-state index is 13.6. The molecule has 1 aromatic heterocycles. The Morgan fingerprint density at radius 1 is 1.18 bits per heavy atom. The molecule has 0 bridgehead atoms. The minimum Gasteiger partial charge on any atom is -0.490 e. The summed E-state index contributed by atoms with van der Waals surface area (Å²) in [4.78, 5) is 46.0. The molecule has 0 fully saturated rings. The van der Waals surface area contributed by atoms with Crippen LogP contribution in [0.3, 0.4) is 0 Å². The van der Waals surface area contributed by atoms with Crippen LogP contribution in [0.5, 0.6) is 5.75 Å².